The molecule has 0 aliphatic rings. The fourth-order valence-electron chi connectivity index (χ4n) is 2.68. The fraction of sp³-hybridized carbons (Fsp3) is 0.333. The minimum Gasteiger partial charge on any atom is -0.507 e. The molecule has 2 rings (SSSR count). The Bertz CT molecular complexity index is 833. The minimum atomic E-state index is -0.676. The number of nitro benzene ring substituents is 2. The van der Waals surface area contributed by atoms with Gasteiger partial charge in [-0.25, -0.2) is 0 Å². The summed E-state index contributed by atoms with van der Waals surface area (Å²) in [7, 11) is 0. The highest BCUT2D eigenvalue weighted by molar-refractivity contribution is 5.73. The van der Waals surface area contributed by atoms with Crippen molar-refractivity contribution in [3.63, 3.8) is 0 Å². The van der Waals surface area contributed by atoms with Crippen LogP contribution < -0.4 is 5.32 Å². The fourth-order valence-corrected chi connectivity index (χ4v) is 2.68. The summed E-state index contributed by atoms with van der Waals surface area (Å²) in [5, 5.41) is 35.6. The van der Waals surface area contributed by atoms with Gasteiger partial charge in [-0.1, -0.05) is 27.7 Å². The van der Waals surface area contributed by atoms with Crippen molar-refractivity contribution in [3.05, 3.63) is 61.7 Å². The van der Waals surface area contributed by atoms with Crippen LogP contribution in [0.5, 0.6) is 5.75 Å². The van der Waals surface area contributed by atoms with Crippen LogP contribution in [0.1, 0.15) is 50.7 Å². The number of aromatic hydroxyl groups is 1. The number of nitrogens with zero attached hydrogens (tertiary/aromatic N) is 2. The zero-order valence-corrected chi connectivity index (χ0v) is 15.0. The summed E-state index contributed by atoms with van der Waals surface area (Å²) in [5.41, 5.74) is 1.44. The summed E-state index contributed by atoms with van der Waals surface area (Å²) in [6.45, 7) is 7.77. The van der Waals surface area contributed by atoms with E-state index in [1.54, 1.807) is 12.1 Å². The molecule has 8 heteroatoms. The highest BCUT2D eigenvalue weighted by Crippen LogP contribution is 2.38. The number of hydrogen-bond acceptors (Lipinski definition) is 6. The third-order valence-corrected chi connectivity index (χ3v) is 4.08. The van der Waals surface area contributed by atoms with Crippen LogP contribution >= 0.6 is 0 Å². The zero-order chi connectivity index (χ0) is 19.6. The van der Waals surface area contributed by atoms with Crippen LogP contribution in [0.15, 0.2) is 30.3 Å². The predicted molar refractivity (Wildman–Crippen MR) is 99.3 cm³/mol. The largest absolute Gasteiger partial charge is 0.507 e. The van der Waals surface area contributed by atoms with Crippen LogP contribution in [0.2, 0.25) is 0 Å². The van der Waals surface area contributed by atoms with E-state index in [1.165, 1.54) is 12.1 Å². The number of hydrogen-bond donors (Lipinski definition) is 2. The maximum absolute atomic E-state index is 11.3. The van der Waals surface area contributed by atoms with Crippen molar-refractivity contribution in [3.8, 4) is 5.75 Å². The summed E-state index contributed by atoms with van der Waals surface area (Å²) in [5.74, 6) is 0.334. The van der Waals surface area contributed by atoms with E-state index < -0.39 is 9.85 Å². The van der Waals surface area contributed by atoms with E-state index in [0.717, 1.165) is 17.2 Å². The average molecular weight is 359 g/mol. The van der Waals surface area contributed by atoms with Crippen LogP contribution in [-0.4, -0.2) is 15.0 Å². The molecule has 0 saturated carbocycles. The van der Waals surface area contributed by atoms with Crippen LogP contribution in [0.4, 0.5) is 22.7 Å². The third-order valence-electron chi connectivity index (χ3n) is 4.08. The van der Waals surface area contributed by atoms with Crippen molar-refractivity contribution in [1.82, 2.24) is 0 Å². The molecule has 2 aromatic rings. The van der Waals surface area contributed by atoms with E-state index >= 15 is 0 Å². The molecule has 0 heterocycles. The maximum atomic E-state index is 11.3. The molecule has 0 radical (unpaired) electrons. The highest BCUT2D eigenvalue weighted by Gasteiger charge is 2.21. The number of phenolic OH excluding ortho intramolecular Hbond substituents is 1. The smallest absolute Gasteiger partial charge is 0.299 e. The molecule has 0 atom stereocenters. The van der Waals surface area contributed by atoms with Crippen LogP contribution in [0, 0.1) is 20.2 Å². The molecule has 26 heavy (non-hydrogen) atoms. The number of benzene rings is 2. The van der Waals surface area contributed by atoms with Crippen molar-refractivity contribution in [2.75, 3.05) is 5.32 Å². The second kappa shape index (κ2) is 7.38. The van der Waals surface area contributed by atoms with Crippen molar-refractivity contribution in [2.24, 2.45) is 0 Å². The minimum absolute atomic E-state index is 0.0566. The van der Waals surface area contributed by atoms with E-state index in [1.807, 2.05) is 27.7 Å². The Morgan fingerprint density at radius 2 is 1.46 bits per heavy atom. The second-order valence-electron chi connectivity index (χ2n) is 6.65. The number of non-ortho nitro benzene ring substituents is 1. The summed E-state index contributed by atoms with van der Waals surface area (Å²) in [6, 6.07) is 6.92. The predicted octanol–water partition coefficient (Wildman–Crippen LogP) is 5.20. The van der Waals surface area contributed by atoms with Crippen molar-refractivity contribution in [1.29, 1.82) is 0 Å². The molecule has 2 N–H and O–H groups in total. The molecule has 0 fully saturated rings. The lowest BCUT2D eigenvalue weighted by molar-refractivity contribution is -0.393. The van der Waals surface area contributed by atoms with E-state index in [0.29, 0.717) is 5.69 Å². The molecule has 0 unspecified atom stereocenters. The molecule has 8 nitrogen and oxygen atoms in total. The molecular weight excluding hydrogens is 338 g/mol. The Labute approximate surface area is 150 Å². The lowest BCUT2D eigenvalue weighted by Crippen LogP contribution is -2.02. The quantitative estimate of drug-likeness (QED) is 0.416. The first-order chi connectivity index (χ1) is 12.1. The number of nitro groups is 2. The van der Waals surface area contributed by atoms with Gasteiger partial charge in [0.15, 0.2) is 0 Å². The maximum Gasteiger partial charge on any atom is 0.299 e. The number of phenols is 1. The standard InChI is InChI=1S/C18H21N3O5/c1-10(2)14-7-12(8-15(11(3)4)18(14)22)19-16-6-5-13(20(23)24)9-17(16)21(25)26/h5-11,19,22H,1-4H3. The monoisotopic (exact) mass is 359 g/mol. The molecule has 0 bridgehead atoms. The van der Waals surface area contributed by atoms with Gasteiger partial charge in [-0.2, -0.15) is 0 Å². The van der Waals surface area contributed by atoms with Crippen molar-refractivity contribution in [2.45, 2.75) is 39.5 Å². The first kappa shape index (κ1) is 19.2. The summed E-state index contributed by atoms with van der Waals surface area (Å²) < 4.78 is 0. The van der Waals surface area contributed by atoms with Crippen molar-refractivity contribution >= 4 is 22.7 Å². The van der Waals surface area contributed by atoms with Gasteiger partial charge < -0.3 is 10.4 Å². The Morgan fingerprint density at radius 3 is 1.88 bits per heavy atom. The Morgan fingerprint density at radius 1 is 0.923 bits per heavy atom. The normalized spacial score (nSPS) is 11.0. The van der Waals surface area contributed by atoms with E-state index in [-0.39, 0.29) is 34.6 Å². The van der Waals surface area contributed by atoms with Gasteiger partial charge in [0.2, 0.25) is 0 Å². The van der Waals surface area contributed by atoms with Crippen molar-refractivity contribution < 1.29 is 15.0 Å². The topological polar surface area (TPSA) is 119 Å². The molecule has 138 valence electrons. The molecule has 0 aromatic heterocycles. The van der Waals surface area contributed by atoms with Gasteiger partial charge in [0.1, 0.15) is 11.4 Å². The Kier molecular flexibility index (Phi) is 5.44. The van der Waals surface area contributed by atoms with E-state index in [9.17, 15) is 25.3 Å². The first-order valence-corrected chi connectivity index (χ1v) is 8.18. The Balaban J connectivity index is 2.54. The summed E-state index contributed by atoms with van der Waals surface area (Å²) in [6.07, 6.45) is 0. The average Bonchev–Trinajstić information content (AvgIpc) is 2.55. The van der Waals surface area contributed by atoms with E-state index in [2.05, 4.69) is 5.32 Å². The molecule has 0 aliphatic heterocycles. The lowest BCUT2D eigenvalue weighted by atomic mass is 9.93. The Hall–Kier alpha value is -3.16. The molecule has 0 spiro atoms. The molecular formula is C18H21N3O5. The molecule has 0 amide bonds. The van der Waals surface area contributed by atoms with Gasteiger partial charge >= 0.3 is 0 Å². The van der Waals surface area contributed by atoms with Crippen LogP contribution in [0.3, 0.4) is 0 Å². The summed E-state index contributed by atoms with van der Waals surface area (Å²) >= 11 is 0. The summed E-state index contributed by atoms with van der Waals surface area (Å²) in [4.78, 5) is 20.8. The number of rotatable bonds is 6. The second-order valence-corrected chi connectivity index (χ2v) is 6.65. The van der Waals surface area contributed by atoms with Gasteiger partial charge in [-0.3, -0.25) is 20.2 Å². The van der Waals surface area contributed by atoms with Gasteiger partial charge in [0.05, 0.1) is 15.9 Å². The van der Waals surface area contributed by atoms with Gasteiger partial charge in [0.25, 0.3) is 11.4 Å². The first-order valence-electron chi connectivity index (χ1n) is 8.18. The number of nitrogens with one attached hydrogen (secondary N) is 1. The lowest BCUT2D eigenvalue weighted by Gasteiger charge is -2.18. The van der Waals surface area contributed by atoms with Crippen LogP contribution in [-0.2, 0) is 0 Å². The molecule has 0 saturated heterocycles. The SMILES string of the molecule is CC(C)c1cc(Nc2ccc([N+](=O)[O-])cc2[N+](=O)[O-])cc(C(C)C)c1O. The van der Waals surface area contributed by atoms with Gasteiger partial charge in [-0.05, 0) is 41.2 Å². The van der Waals surface area contributed by atoms with Gasteiger partial charge in [0, 0.05) is 11.8 Å². The molecule has 2 aromatic carbocycles. The third kappa shape index (κ3) is 3.90. The molecule has 0 aliphatic carbocycles. The zero-order valence-electron chi connectivity index (χ0n) is 15.0. The van der Waals surface area contributed by atoms with Gasteiger partial charge in [-0.15, -0.1) is 0 Å². The number of anilines is 2. The highest BCUT2D eigenvalue weighted by atomic mass is 16.6. The van der Waals surface area contributed by atoms with E-state index in [4.69, 9.17) is 0 Å². The van der Waals surface area contributed by atoms with Crippen LogP contribution in [0.25, 0.3) is 0 Å².